The summed E-state index contributed by atoms with van der Waals surface area (Å²) in [5, 5.41) is 11.9. The number of hydrogen-bond donors (Lipinski definition) is 3. The van der Waals surface area contributed by atoms with Crippen molar-refractivity contribution >= 4 is 23.7 Å². The summed E-state index contributed by atoms with van der Waals surface area (Å²) in [4.78, 5) is 26.8. The van der Waals surface area contributed by atoms with Gasteiger partial charge in [-0.05, 0) is 12.8 Å². The Labute approximate surface area is 109 Å². The van der Waals surface area contributed by atoms with Crippen LogP contribution in [0.25, 0.3) is 0 Å². The zero-order valence-corrected chi connectivity index (χ0v) is 10.6. The van der Waals surface area contributed by atoms with Crippen molar-refractivity contribution in [3.8, 4) is 0 Å². The van der Waals surface area contributed by atoms with Gasteiger partial charge in [0.2, 0.25) is 5.91 Å². The van der Waals surface area contributed by atoms with E-state index in [4.69, 9.17) is 0 Å². The van der Waals surface area contributed by atoms with Crippen LogP contribution < -0.4 is 10.6 Å². The maximum absolute atomic E-state index is 11.5. The normalized spacial score (nSPS) is 15.6. The fraction of sp³-hybridized carbons (Fsp3) is 0.600. The second kappa shape index (κ2) is 6.39. The lowest BCUT2D eigenvalue weighted by molar-refractivity contribution is -0.117. The average Bonchev–Trinajstić information content (AvgIpc) is 2.98. The molecule has 0 radical (unpaired) electrons. The van der Waals surface area contributed by atoms with Crippen molar-refractivity contribution in [2.45, 2.75) is 36.9 Å². The molecule has 0 saturated heterocycles. The molecule has 3 amide bonds. The van der Waals surface area contributed by atoms with Crippen LogP contribution in [0, 0.1) is 0 Å². The Morgan fingerprint density at radius 1 is 1.44 bits per heavy atom. The minimum Gasteiger partial charge on any atom is -0.335 e. The summed E-state index contributed by atoms with van der Waals surface area (Å²) in [5.74, 6) is -0.209. The Morgan fingerprint density at radius 3 is 2.89 bits per heavy atom. The van der Waals surface area contributed by atoms with Crippen LogP contribution in [0.2, 0.25) is 0 Å². The number of carbonyl (C=O) groups is 2. The highest BCUT2D eigenvalue weighted by atomic mass is 32.2. The molecule has 0 spiro atoms. The van der Waals surface area contributed by atoms with Crippen LogP contribution in [0.4, 0.5) is 4.79 Å². The van der Waals surface area contributed by atoms with Gasteiger partial charge in [0, 0.05) is 6.04 Å². The van der Waals surface area contributed by atoms with Gasteiger partial charge in [0.05, 0.1) is 5.75 Å². The van der Waals surface area contributed by atoms with Crippen molar-refractivity contribution in [3.63, 3.8) is 0 Å². The first-order valence-electron chi connectivity index (χ1n) is 5.82. The third-order valence-electron chi connectivity index (χ3n) is 2.68. The molecule has 0 aromatic carbocycles. The van der Waals surface area contributed by atoms with E-state index >= 15 is 0 Å². The van der Waals surface area contributed by atoms with E-state index in [9.17, 15) is 9.59 Å². The summed E-state index contributed by atoms with van der Waals surface area (Å²) < 4.78 is 0. The van der Waals surface area contributed by atoms with Crippen LogP contribution in [0.5, 0.6) is 0 Å². The van der Waals surface area contributed by atoms with Crippen molar-refractivity contribution in [1.29, 1.82) is 0 Å². The van der Waals surface area contributed by atoms with Gasteiger partial charge in [0.15, 0.2) is 5.16 Å². The molecule has 1 aromatic rings. The molecule has 1 heterocycles. The summed E-state index contributed by atoms with van der Waals surface area (Å²) in [6.45, 7) is 0. The summed E-state index contributed by atoms with van der Waals surface area (Å²) in [7, 11) is 0. The number of H-pyrrole nitrogens is 1. The lowest BCUT2D eigenvalue weighted by atomic mass is 10.2. The molecule has 18 heavy (non-hydrogen) atoms. The van der Waals surface area contributed by atoms with E-state index in [-0.39, 0.29) is 17.7 Å². The van der Waals surface area contributed by atoms with Crippen LogP contribution in [-0.2, 0) is 4.79 Å². The molecule has 1 saturated carbocycles. The van der Waals surface area contributed by atoms with E-state index in [1.165, 1.54) is 18.1 Å². The van der Waals surface area contributed by atoms with Crippen molar-refractivity contribution in [1.82, 2.24) is 25.8 Å². The number of imide groups is 1. The van der Waals surface area contributed by atoms with Crippen LogP contribution in [0.15, 0.2) is 11.5 Å². The first kappa shape index (κ1) is 12.9. The number of carbonyl (C=O) groups excluding carboxylic acids is 2. The molecule has 2 rings (SSSR count). The van der Waals surface area contributed by atoms with E-state index < -0.39 is 6.03 Å². The van der Waals surface area contributed by atoms with E-state index in [0.717, 1.165) is 25.7 Å². The highest BCUT2D eigenvalue weighted by molar-refractivity contribution is 7.99. The van der Waals surface area contributed by atoms with Gasteiger partial charge in [-0.1, -0.05) is 24.6 Å². The Hall–Kier alpha value is -1.57. The third kappa shape index (κ3) is 4.02. The minimum atomic E-state index is -0.412. The number of rotatable bonds is 4. The van der Waals surface area contributed by atoms with Gasteiger partial charge in [0.25, 0.3) is 0 Å². The molecular weight excluding hydrogens is 254 g/mol. The molecule has 0 bridgehead atoms. The maximum atomic E-state index is 11.5. The molecule has 0 atom stereocenters. The number of thioether (sulfide) groups is 1. The van der Waals surface area contributed by atoms with Crippen molar-refractivity contribution in [3.05, 3.63) is 6.33 Å². The molecule has 8 heteroatoms. The van der Waals surface area contributed by atoms with Crippen molar-refractivity contribution in [2.24, 2.45) is 0 Å². The Bertz CT molecular complexity index is 402. The summed E-state index contributed by atoms with van der Waals surface area (Å²) in [6.07, 6.45) is 5.64. The predicted molar refractivity (Wildman–Crippen MR) is 66.0 cm³/mol. The molecule has 0 unspecified atom stereocenters. The fourth-order valence-corrected chi connectivity index (χ4v) is 2.43. The van der Waals surface area contributed by atoms with E-state index in [2.05, 4.69) is 25.8 Å². The van der Waals surface area contributed by atoms with Gasteiger partial charge in [-0.25, -0.2) is 9.78 Å². The van der Waals surface area contributed by atoms with Gasteiger partial charge in [-0.3, -0.25) is 15.2 Å². The number of nitrogens with zero attached hydrogens (tertiary/aromatic N) is 2. The molecule has 3 N–H and O–H groups in total. The monoisotopic (exact) mass is 269 g/mol. The van der Waals surface area contributed by atoms with E-state index in [0.29, 0.717) is 5.16 Å². The molecule has 1 aliphatic rings. The molecule has 0 aliphatic heterocycles. The SMILES string of the molecule is O=C(CSc1ncn[nH]1)NC(=O)NC1CCCC1. The quantitative estimate of drug-likeness (QED) is 0.697. The molecule has 1 fully saturated rings. The van der Waals surface area contributed by atoms with Crippen molar-refractivity contribution in [2.75, 3.05) is 5.75 Å². The summed E-state index contributed by atoms with van der Waals surface area (Å²) >= 11 is 1.20. The number of aromatic nitrogens is 3. The van der Waals surface area contributed by atoms with Gasteiger partial charge in [-0.15, -0.1) is 0 Å². The summed E-state index contributed by atoms with van der Waals surface area (Å²) in [6, 6.07) is -0.204. The molecule has 1 aromatic heterocycles. The Balaban J connectivity index is 1.65. The lowest BCUT2D eigenvalue weighted by Crippen LogP contribution is -2.44. The van der Waals surface area contributed by atoms with Crippen molar-refractivity contribution < 1.29 is 9.59 Å². The van der Waals surface area contributed by atoms with E-state index in [1.807, 2.05) is 0 Å². The first-order chi connectivity index (χ1) is 8.74. The Morgan fingerprint density at radius 2 is 2.22 bits per heavy atom. The number of hydrogen-bond acceptors (Lipinski definition) is 5. The van der Waals surface area contributed by atoms with E-state index in [1.54, 1.807) is 0 Å². The largest absolute Gasteiger partial charge is 0.335 e. The predicted octanol–water partition coefficient (Wildman–Crippen LogP) is 0.665. The van der Waals surface area contributed by atoms with Gasteiger partial charge < -0.3 is 5.32 Å². The summed E-state index contributed by atoms with van der Waals surface area (Å²) in [5.41, 5.74) is 0. The van der Waals surface area contributed by atoms with Crippen LogP contribution in [0.3, 0.4) is 0 Å². The molecular formula is C10H15N5O2S. The van der Waals surface area contributed by atoms with Gasteiger partial charge in [-0.2, -0.15) is 5.10 Å². The van der Waals surface area contributed by atoms with Crippen LogP contribution in [-0.4, -0.2) is 38.9 Å². The number of aromatic amines is 1. The first-order valence-corrected chi connectivity index (χ1v) is 6.81. The standard InChI is InChI=1S/C10H15N5O2S/c16-8(5-18-10-11-6-12-15-10)14-9(17)13-7-3-1-2-4-7/h6-7H,1-5H2,(H,11,12,15)(H2,13,14,16,17). The smallest absolute Gasteiger partial charge is 0.321 e. The van der Waals surface area contributed by atoms with Gasteiger partial charge in [0.1, 0.15) is 6.33 Å². The van der Waals surface area contributed by atoms with Crippen LogP contribution in [0.1, 0.15) is 25.7 Å². The number of nitrogens with one attached hydrogen (secondary N) is 3. The average molecular weight is 269 g/mol. The number of amides is 3. The molecule has 98 valence electrons. The highest BCUT2D eigenvalue weighted by Crippen LogP contribution is 2.17. The zero-order valence-electron chi connectivity index (χ0n) is 9.81. The molecule has 1 aliphatic carbocycles. The Kier molecular flexibility index (Phi) is 4.57. The third-order valence-corrected chi connectivity index (χ3v) is 3.55. The van der Waals surface area contributed by atoms with Gasteiger partial charge >= 0.3 is 6.03 Å². The number of urea groups is 1. The lowest BCUT2D eigenvalue weighted by Gasteiger charge is -2.11. The zero-order chi connectivity index (χ0) is 12.8. The second-order valence-electron chi connectivity index (χ2n) is 4.08. The maximum Gasteiger partial charge on any atom is 0.321 e. The van der Waals surface area contributed by atoms with Crippen LogP contribution >= 0.6 is 11.8 Å². The highest BCUT2D eigenvalue weighted by Gasteiger charge is 2.18. The topological polar surface area (TPSA) is 99.8 Å². The second-order valence-corrected chi connectivity index (χ2v) is 5.05. The molecule has 7 nitrogen and oxygen atoms in total. The fourth-order valence-electron chi connectivity index (χ4n) is 1.85. The minimum absolute atomic E-state index is 0.132.